The lowest BCUT2D eigenvalue weighted by Gasteiger charge is -1.94. The molecule has 0 spiro atoms. The van der Waals surface area contributed by atoms with Crippen molar-refractivity contribution in [2.75, 3.05) is 11.5 Å². The molecule has 15 heavy (non-hydrogen) atoms. The zero-order valence-electron chi connectivity index (χ0n) is 7.95. The van der Waals surface area contributed by atoms with Crippen molar-refractivity contribution in [3.05, 3.63) is 17.0 Å². The van der Waals surface area contributed by atoms with Crippen molar-refractivity contribution in [1.82, 2.24) is 9.97 Å². The summed E-state index contributed by atoms with van der Waals surface area (Å²) in [5, 5.41) is 0.173. The molecule has 0 bridgehead atoms. The topological polar surface area (TPSA) is 68.9 Å². The van der Waals surface area contributed by atoms with Crippen LogP contribution in [0.25, 0.3) is 0 Å². The van der Waals surface area contributed by atoms with Gasteiger partial charge >= 0.3 is 0 Å². The van der Waals surface area contributed by atoms with Crippen LogP contribution in [0.15, 0.2) is 6.20 Å². The van der Waals surface area contributed by atoms with Crippen molar-refractivity contribution in [1.29, 1.82) is 0 Å². The molecule has 2 N–H and O–H groups in total. The van der Waals surface area contributed by atoms with Crippen LogP contribution in [-0.2, 0) is 4.79 Å². The molecule has 0 aromatic carbocycles. The number of nitrogens with two attached hydrogens (primary N) is 1. The summed E-state index contributed by atoms with van der Waals surface area (Å²) in [4.78, 5) is 18.3. The molecule has 0 saturated heterocycles. The second-order valence-corrected chi connectivity index (χ2v) is 4.02. The lowest BCUT2D eigenvalue weighted by Crippen LogP contribution is -1.95. The summed E-state index contributed by atoms with van der Waals surface area (Å²) in [5.41, 5.74) is 5.82. The molecule has 78 valence electrons. The number of thioether (sulfide) groups is 1. The van der Waals surface area contributed by atoms with E-state index in [9.17, 15) is 4.79 Å². The van der Waals surface area contributed by atoms with E-state index in [-0.39, 0.29) is 16.1 Å². The number of anilines is 1. The van der Waals surface area contributed by atoms with E-state index in [1.807, 2.05) is 0 Å². The molecule has 0 radical (unpaired) electrons. The van der Waals surface area contributed by atoms with Crippen LogP contribution in [-0.4, -0.2) is 20.8 Å². The van der Waals surface area contributed by atoms with E-state index in [0.29, 0.717) is 11.4 Å². The van der Waals surface area contributed by atoms with Crippen LogP contribution in [0.5, 0.6) is 0 Å². The zero-order chi connectivity index (χ0) is 11.3. The van der Waals surface area contributed by atoms with E-state index in [4.69, 9.17) is 17.3 Å². The first-order chi connectivity index (χ1) is 7.09. The van der Waals surface area contributed by atoms with Gasteiger partial charge in [0.05, 0.1) is 11.9 Å². The van der Waals surface area contributed by atoms with Crippen molar-refractivity contribution in [2.24, 2.45) is 0 Å². The first-order valence-corrected chi connectivity index (χ1v) is 5.36. The van der Waals surface area contributed by atoms with Gasteiger partial charge in [-0.3, -0.25) is 4.79 Å². The monoisotopic (exact) mass is 241 g/mol. The number of halogens is 1. The Labute approximate surface area is 96.6 Å². The van der Waals surface area contributed by atoms with E-state index >= 15 is 0 Å². The molecule has 0 aliphatic rings. The minimum absolute atomic E-state index is 0.0331. The lowest BCUT2D eigenvalue weighted by molar-refractivity contribution is -0.109. The van der Waals surface area contributed by atoms with Gasteiger partial charge in [0.25, 0.3) is 0 Å². The molecular weight excluding hydrogens is 234 g/mol. The Morgan fingerprint density at radius 2 is 2.47 bits per heavy atom. The number of carbonyl (C=O) groups is 1. The molecule has 0 fully saturated rings. The fraction of sp³-hybridized carbons (Fsp3) is 0.222. The maximum atomic E-state index is 10.6. The number of hydrogen-bond donors (Lipinski definition) is 1. The number of aromatic nitrogens is 2. The lowest BCUT2D eigenvalue weighted by atomic mass is 10.4. The Morgan fingerprint density at radius 3 is 3.07 bits per heavy atom. The van der Waals surface area contributed by atoms with Crippen molar-refractivity contribution in [2.45, 2.75) is 6.92 Å². The van der Waals surface area contributed by atoms with Crippen LogP contribution in [0, 0.1) is 11.8 Å². The van der Waals surface area contributed by atoms with Crippen molar-refractivity contribution in [3.8, 4) is 11.8 Å². The highest BCUT2D eigenvalue weighted by Gasteiger charge is 1.98. The Hall–Kier alpha value is -1.25. The van der Waals surface area contributed by atoms with Gasteiger partial charge in [-0.15, -0.1) is 0 Å². The van der Waals surface area contributed by atoms with Gasteiger partial charge in [-0.2, -0.15) is 0 Å². The van der Waals surface area contributed by atoms with Gasteiger partial charge < -0.3 is 5.73 Å². The van der Waals surface area contributed by atoms with E-state index in [0.717, 1.165) is 11.8 Å². The van der Waals surface area contributed by atoms with Crippen LogP contribution in [0.4, 0.5) is 5.82 Å². The Morgan fingerprint density at radius 1 is 1.73 bits per heavy atom. The third-order valence-electron chi connectivity index (χ3n) is 1.32. The van der Waals surface area contributed by atoms with E-state index in [2.05, 4.69) is 21.8 Å². The average molecular weight is 242 g/mol. The van der Waals surface area contributed by atoms with Gasteiger partial charge in [0, 0.05) is 6.92 Å². The molecular formula is C9H8ClN3OS. The Kier molecular flexibility index (Phi) is 4.40. The summed E-state index contributed by atoms with van der Waals surface area (Å²) in [5.74, 6) is 6.11. The van der Waals surface area contributed by atoms with Crippen molar-refractivity contribution in [3.63, 3.8) is 0 Å². The molecule has 0 aliphatic heterocycles. The summed E-state index contributed by atoms with van der Waals surface area (Å²) in [6, 6.07) is 0. The number of nitrogens with zero attached hydrogens (tertiary/aromatic N) is 2. The normalized spacial score (nSPS) is 9.20. The third kappa shape index (κ3) is 4.19. The zero-order valence-corrected chi connectivity index (χ0v) is 9.52. The average Bonchev–Trinajstić information content (AvgIpc) is 2.18. The highest BCUT2D eigenvalue weighted by atomic mass is 35.5. The van der Waals surface area contributed by atoms with Gasteiger partial charge in [0.15, 0.2) is 16.1 Å². The van der Waals surface area contributed by atoms with Gasteiger partial charge in [0.2, 0.25) is 0 Å². The fourth-order valence-corrected chi connectivity index (χ4v) is 1.19. The van der Waals surface area contributed by atoms with Crippen LogP contribution < -0.4 is 5.73 Å². The number of rotatable bonds is 1. The van der Waals surface area contributed by atoms with E-state index in [1.54, 1.807) is 0 Å². The highest BCUT2D eigenvalue weighted by molar-refractivity contribution is 8.13. The maximum Gasteiger partial charge on any atom is 0.186 e. The molecule has 0 amide bonds. The largest absolute Gasteiger partial charge is 0.381 e. The molecule has 6 heteroatoms. The second-order valence-electron chi connectivity index (χ2n) is 2.51. The van der Waals surface area contributed by atoms with Crippen LogP contribution in [0.2, 0.25) is 5.15 Å². The Bertz CT molecular complexity index is 439. The van der Waals surface area contributed by atoms with Crippen LogP contribution >= 0.6 is 23.4 Å². The van der Waals surface area contributed by atoms with Crippen LogP contribution in [0.3, 0.4) is 0 Å². The first-order valence-electron chi connectivity index (χ1n) is 4.00. The summed E-state index contributed by atoms with van der Waals surface area (Å²) >= 11 is 6.79. The summed E-state index contributed by atoms with van der Waals surface area (Å²) in [6.45, 7) is 1.49. The predicted molar refractivity (Wildman–Crippen MR) is 61.5 cm³/mol. The number of nitrogen functional groups attached to an aromatic ring is 1. The molecule has 0 saturated carbocycles. The fourth-order valence-electron chi connectivity index (χ4n) is 0.700. The summed E-state index contributed by atoms with van der Waals surface area (Å²) < 4.78 is 0. The van der Waals surface area contributed by atoms with E-state index in [1.165, 1.54) is 13.1 Å². The molecule has 1 aromatic heterocycles. The predicted octanol–water partition coefficient (Wildman–Crippen LogP) is 1.34. The molecule has 4 nitrogen and oxygen atoms in total. The van der Waals surface area contributed by atoms with Crippen LogP contribution in [0.1, 0.15) is 12.6 Å². The smallest absolute Gasteiger partial charge is 0.186 e. The molecule has 1 heterocycles. The van der Waals surface area contributed by atoms with Gasteiger partial charge in [-0.1, -0.05) is 29.3 Å². The quantitative estimate of drug-likeness (QED) is 0.752. The molecule has 0 unspecified atom stereocenters. The van der Waals surface area contributed by atoms with Gasteiger partial charge in [-0.25, -0.2) is 9.97 Å². The molecule has 1 rings (SSSR count). The Balaban J connectivity index is 2.64. The molecule has 1 aromatic rings. The molecule has 0 atom stereocenters. The van der Waals surface area contributed by atoms with Gasteiger partial charge in [0.1, 0.15) is 5.69 Å². The molecule has 0 aliphatic carbocycles. The minimum atomic E-state index is 0.0331. The first kappa shape index (κ1) is 11.8. The number of carbonyl (C=O) groups excluding carboxylic acids is 1. The number of hydrogen-bond acceptors (Lipinski definition) is 5. The summed E-state index contributed by atoms with van der Waals surface area (Å²) in [7, 11) is 0. The van der Waals surface area contributed by atoms with Crippen molar-refractivity contribution >= 4 is 34.3 Å². The second kappa shape index (κ2) is 5.59. The minimum Gasteiger partial charge on any atom is -0.381 e. The van der Waals surface area contributed by atoms with Crippen molar-refractivity contribution < 1.29 is 4.79 Å². The standard InChI is InChI=1S/C9H8ClN3OS/c1-6(14)15-4-2-3-7-5-12-9(11)8(10)13-7/h5H,4H2,1H3,(H2,11,12). The maximum absolute atomic E-state index is 10.6. The highest BCUT2D eigenvalue weighted by Crippen LogP contribution is 2.11. The van der Waals surface area contributed by atoms with E-state index < -0.39 is 0 Å². The summed E-state index contributed by atoms with van der Waals surface area (Å²) in [6.07, 6.45) is 1.44. The van der Waals surface area contributed by atoms with Gasteiger partial charge in [-0.05, 0) is 5.92 Å². The third-order valence-corrected chi connectivity index (χ3v) is 2.29. The SMILES string of the molecule is CC(=O)SCC#Cc1cnc(N)c(Cl)n1.